The van der Waals surface area contributed by atoms with Crippen molar-refractivity contribution >= 4 is 34.7 Å². The van der Waals surface area contributed by atoms with Crippen molar-refractivity contribution in [3.05, 3.63) is 59.1 Å². The van der Waals surface area contributed by atoms with Crippen LogP contribution >= 0.6 is 11.6 Å². The first-order valence-electron chi connectivity index (χ1n) is 10.2. The molecule has 1 aliphatic heterocycles. The summed E-state index contributed by atoms with van der Waals surface area (Å²) >= 11 is 6.41. The van der Waals surface area contributed by atoms with Crippen molar-refractivity contribution in [3.8, 4) is 0 Å². The van der Waals surface area contributed by atoms with Crippen LogP contribution in [0.5, 0.6) is 0 Å². The summed E-state index contributed by atoms with van der Waals surface area (Å²) in [5, 5.41) is 4.28. The Balaban J connectivity index is 1.55. The average Bonchev–Trinajstić information content (AvgIpc) is 3.28. The zero-order valence-corrected chi connectivity index (χ0v) is 18.3. The Morgan fingerprint density at radius 3 is 2.70 bits per heavy atom. The number of anilines is 1. The van der Waals surface area contributed by atoms with Crippen LogP contribution in [-0.4, -0.2) is 45.3 Å². The lowest BCUT2D eigenvalue weighted by Gasteiger charge is -2.24. The number of nitrogens with zero attached hydrogens (tertiary/aromatic N) is 3. The number of rotatable bonds is 4. The number of imidazole rings is 1. The van der Waals surface area contributed by atoms with Gasteiger partial charge in [0.05, 0.1) is 17.6 Å². The van der Waals surface area contributed by atoms with Crippen LogP contribution in [0.1, 0.15) is 32.8 Å². The fourth-order valence-corrected chi connectivity index (χ4v) is 3.89. The van der Waals surface area contributed by atoms with Gasteiger partial charge in [-0.05, 0) is 51.0 Å². The van der Waals surface area contributed by atoms with Crippen LogP contribution < -0.4 is 5.32 Å². The average molecular weight is 427 g/mol. The number of carbonyl (C=O) groups is 1. The van der Waals surface area contributed by atoms with Gasteiger partial charge >= 0.3 is 6.09 Å². The number of fused-ring (bicyclic) bond motifs is 1. The van der Waals surface area contributed by atoms with E-state index >= 15 is 0 Å². The summed E-state index contributed by atoms with van der Waals surface area (Å²) in [4.78, 5) is 18.9. The highest BCUT2D eigenvalue weighted by molar-refractivity contribution is 6.31. The second kappa shape index (κ2) is 8.19. The Morgan fingerprint density at radius 2 is 1.93 bits per heavy atom. The van der Waals surface area contributed by atoms with E-state index in [1.165, 1.54) is 0 Å². The van der Waals surface area contributed by atoms with E-state index in [4.69, 9.17) is 21.3 Å². The normalized spacial score (nSPS) is 16.8. The highest BCUT2D eigenvalue weighted by atomic mass is 35.5. The lowest BCUT2D eigenvalue weighted by Crippen LogP contribution is -2.36. The predicted octanol–water partition coefficient (Wildman–Crippen LogP) is 5.16. The number of para-hydroxylation sites is 2. The van der Waals surface area contributed by atoms with E-state index in [0.29, 0.717) is 19.6 Å². The summed E-state index contributed by atoms with van der Waals surface area (Å²) in [6.45, 7) is 7.52. The van der Waals surface area contributed by atoms with Gasteiger partial charge in [-0.3, -0.25) is 0 Å². The number of amides is 1. The van der Waals surface area contributed by atoms with Gasteiger partial charge in [-0.2, -0.15) is 0 Å². The van der Waals surface area contributed by atoms with Gasteiger partial charge in [-0.1, -0.05) is 41.9 Å². The van der Waals surface area contributed by atoms with Crippen LogP contribution in [0.15, 0.2) is 48.5 Å². The van der Waals surface area contributed by atoms with Crippen LogP contribution in [0.25, 0.3) is 11.0 Å². The van der Waals surface area contributed by atoms with E-state index in [1.54, 1.807) is 4.90 Å². The molecule has 1 aromatic heterocycles. The van der Waals surface area contributed by atoms with E-state index in [9.17, 15) is 4.79 Å². The topological polar surface area (TPSA) is 59.4 Å². The lowest BCUT2D eigenvalue weighted by atomic mass is 10.2. The minimum atomic E-state index is -0.495. The molecule has 158 valence electrons. The smallest absolute Gasteiger partial charge is 0.410 e. The number of halogens is 1. The number of hydrogen-bond donors (Lipinski definition) is 1. The zero-order valence-electron chi connectivity index (χ0n) is 17.6. The quantitative estimate of drug-likeness (QED) is 0.626. The second-order valence-electron chi connectivity index (χ2n) is 8.66. The first-order chi connectivity index (χ1) is 14.3. The first kappa shape index (κ1) is 20.5. The van der Waals surface area contributed by atoms with E-state index in [1.807, 2.05) is 63.2 Å². The van der Waals surface area contributed by atoms with Gasteiger partial charge < -0.3 is 19.5 Å². The molecule has 3 aromatic rings. The van der Waals surface area contributed by atoms with Gasteiger partial charge in [0.2, 0.25) is 5.95 Å². The second-order valence-corrected chi connectivity index (χ2v) is 9.07. The number of aromatic nitrogens is 2. The SMILES string of the molecule is CC(C)(C)OC(=O)N1CC[C@H](Nc2nc3ccccc3n2Cc2ccccc2Cl)C1. The van der Waals surface area contributed by atoms with Gasteiger partial charge in [0.25, 0.3) is 0 Å². The number of likely N-dealkylation sites (tertiary alicyclic amines) is 1. The number of ether oxygens (including phenoxy) is 1. The van der Waals surface area contributed by atoms with Crippen LogP contribution in [0.2, 0.25) is 5.02 Å². The fourth-order valence-electron chi connectivity index (χ4n) is 3.70. The number of carbonyl (C=O) groups excluding carboxylic acids is 1. The molecule has 6 nitrogen and oxygen atoms in total. The zero-order chi connectivity index (χ0) is 21.3. The summed E-state index contributed by atoms with van der Waals surface area (Å²) in [6, 6.07) is 16.0. The summed E-state index contributed by atoms with van der Waals surface area (Å²) in [6.07, 6.45) is 0.575. The van der Waals surface area contributed by atoms with Crippen molar-refractivity contribution < 1.29 is 9.53 Å². The van der Waals surface area contributed by atoms with Crippen molar-refractivity contribution in [2.24, 2.45) is 0 Å². The molecule has 4 rings (SSSR count). The maximum atomic E-state index is 12.4. The van der Waals surface area contributed by atoms with Gasteiger partial charge in [0, 0.05) is 24.2 Å². The Morgan fingerprint density at radius 1 is 1.20 bits per heavy atom. The van der Waals surface area contributed by atoms with Gasteiger partial charge in [0.1, 0.15) is 5.60 Å². The Bertz CT molecular complexity index is 1060. The third-order valence-electron chi connectivity index (χ3n) is 5.11. The largest absolute Gasteiger partial charge is 0.444 e. The lowest BCUT2D eigenvalue weighted by molar-refractivity contribution is 0.0293. The van der Waals surface area contributed by atoms with Crippen LogP contribution in [-0.2, 0) is 11.3 Å². The summed E-state index contributed by atoms with van der Waals surface area (Å²) < 4.78 is 7.65. The van der Waals surface area contributed by atoms with E-state index in [0.717, 1.165) is 34.0 Å². The van der Waals surface area contributed by atoms with Crippen molar-refractivity contribution in [3.63, 3.8) is 0 Å². The van der Waals surface area contributed by atoms with Gasteiger partial charge in [-0.15, -0.1) is 0 Å². The molecule has 0 aliphatic carbocycles. The molecule has 30 heavy (non-hydrogen) atoms. The molecule has 1 atom stereocenters. The Labute approximate surface area is 181 Å². The highest BCUT2D eigenvalue weighted by Gasteiger charge is 2.30. The molecule has 1 saturated heterocycles. The highest BCUT2D eigenvalue weighted by Crippen LogP contribution is 2.26. The molecule has 0 radical (unpaired) electrons. The molecule has 0 bridgehead atoms. The van der Waals surface area contributed by atoms with E-state index in [2.05, 4.69) is 16.0 Å². The van der Waals surface area contributed by atoms with Gasteiger partial charge in [-0.25, -0.2) is 9.78 Å². The molecule has 2 aromatic carbocycles. The Hall–Kier alpha value is -2.73. The van der Waals surface area contributed by atoms with E-state index < -0.39 is 5.60 Å². The molecule has 1 amide bonds. The minimum absolute atomic E-state index is 0.110. The van der Waals surface area contributed by atoms with Gasteiger partial charge in [0.15, 0.2) is 0 Å². The van der Waals surface area contributed by atoms with Crippen molar-refractivity contribution in [1.82, 2.24) is 14.5 Å². The molecular weight excluding hydrogens is 400 g/mol. The first-order valence-corrected chi connectivity index (χ1v) is 10.6. The monoisotopic (exact) mass is 426 g/mol. The molecule has 1 fully saturated rings. The van der Waals surface area contributed by atoms with Crippen LogP contribution in [0, 0.1) is 0 Å². The number of nitrogens with one attached hydrogen (secondary N) is 1. The molecule has 0 saturated carbocycles. The number of hydrogen-bond acceptors (Lipinski definition) is 4. The van der Waals surface area contributed by atoms with Crippen molar-refractivity contribution in [1.29, 1.82) is 0 Å². The summed E-state index contributed by atoms with van der Waals surface area (Å²) in [7, 11) is 0. The maximum Gasteiger partial charge on any atom is 0.410 e. The molecule has 2 heterocycles. The standard InChI is InChI=1S/C23H27ClN4O2/c1-23(2,3)30-22(29)27-13-12-17(15-27)25-21-26-19-10-6-7-11-20(19)28(21)14-16-8-4-5-9-18(16)24/h4-11,17H,12-15H2,1-3H3,(H,25,26)/t17-/m0/s1. The Kier molecular flexibility index (Phi) is 5.60. The molecule has 1 aliphatic rings. The predicted molar refractivity (Wildman–Crippen MR) is 120 cm³/mol. The summed E-state index contributed by atoms with van der Waals surface area (Å²) in [5.74, 6) is 0.784. The number of benzene rings is 2. The van der Waals surface area contributed by atoms with Crippen LogP contribution in [0.3, 0.4) is 0 Å². The third-order valence-corrected chi connectivity index (χ3v) is 5.48. The minimum Gasteiger partial charge on any atom is -0.444 e. The third kappa shape index (κ3) is 4.54. The molecule has 7 heteroatoms. The maximum absolute atomic E-state index is 12.4. The summed E-state index contributed by atoms with van der Waals surface area (Å²) in [5.41, 5.74) is 2.51. The molecular formula is C23H27ClN4O2. The van der Waals surface area contributed by atoms with Crippen molar-refractivity contribution in [2.75, 3.05) is 18.4 Å². The van der Waals surface area contributed by atoms with E-state index in [-0.39, 0.29) is 12.1 Å². The molecule has 1 N–H and O–H groups in total. The van der Waals surface area contributed by atoms with Crippen LogP contribution in [0.4, 0.5) is 10.7 Å². The van der Waals surface area contributed by atoms with Crippen molar-refractivity contribution in [2.45, 2.75) is 45.4 Å². The molecule has 0 spiro atoms. The molecule has 0 unspecified atom stereocenters. The fraction of sp³-hybridized carbons (Fsp3) is 0.391.